The van der Waals surface area contributed by atoms with Gasteiger partial charge in [0, 0.05) is 23.4 Å². The Kier molecular flexibility index (Phi) is 4.01. The summed E-state index contributed by atoms with van der Waals surface area (Å²) in [6, 6.07) is 8.95. The first-order chi connectivity index (χ1) is 12.2. The fourth-order valence-corrected chi connectivity index (χ4v) is 2.90. The minimum Gasteiger partial charge on any atom is -0.436 e. The zero-order chi connectivity index (χ0) is 17.2. The minimum absolute atomic E-state index is 0.222. The summed E-state index contributed by atoms with van der Waals surface area (Å²) in [5.74, 6) is 0.746. The quantitative estimate of drug-likeness (QED) is 0.768. The summed E-state index contributed by atoms with van der Waals surface area (Å²) in [4.78, 5) is 12.3. The number of benzene rings is 1. The molecule has 0 spiro atoms. The molecule has 0 amide bonds. The van der Waals surface area contributed by atoms with Gasteiger partial charge in [-0.05, 0) is 30.9 Å². The Hall–Kier alpha value is -3.02. The van der Waals surface area contributed by atoms with Crippen LogP contribution in [-0.2, 0) is 0 Å². The number of hydrogen-bond donors (Lipinski definition) is 1. The third-order valence-electron chi connectivity index (χ3n) is 4.46. The Morgan fingerprint density at radius 1 is 1.04 bits per heavy atom. The third kappa shape index (κ3) is 3.03. The molecule has 5 nitrogen and oxygen atoms in total. The number of halogens is 1. The van der Waals surface area contributed by atoms with Crippen molar-refractivity contribution in [2.75, 3.05) is 5.73 Å². The van der Waals surface area contributed by atoms with Gasteiger partial charge in [-0.15, -0.1) is 0 Å². The average molecular weight is 336 g/mol. The average Bonchev–Trinajstić information content (AvgIpc) is 2.59. The molecular formula is C19H17FN4O. The second kappa shape index (κ2) is 6.47. The predicted molar refractivity (Wildman–Crippen MR) is 92.7 cm³/mol. The Labute approximate surface area is 144 Å². The van der Waals surface area contributed by atoms with Crippen molar-refractivity contribution in [2.24, 2.45) is 0 Å². The molecule has 0 unspecified atom stereocenters. The molecule has 1 fully saturated rings. The van der Waals surface area contributed by atoms with E-state index in [4.69, 9.17) is 10.5 Å². The van der Waals surface area contributed by atoms with Crippen molar-refractivity contribution >= 4 is 5.82 Å². The van der Waals surface area contributed by atoms with E-state index < -0.39 is 5.82 Å². The highest BCUT2D eigenvalue weighted by Crippen LogP contribution is 2.44. The summed E-state index contributed by atoms with van der Waals surface area (Å²) in [6.45, 7) is 0. The van der Waals surface area contributed by atoms with E-state index in [1.54, 1.807) is 30.5 Å². The van der Waals surface area contributed by atoms with Crippen molar-refractivity contribution < 1.29 is 9.13 Å². The van der Waals surface area contributed by atoms with E-state index in [1.165, 1.54) is 12.4 Å². The van der Waals surface area contributed by atoms with Crippen molar-refractivity contribution in [3.63, 3.8) is 0 Å². The van der Waals surface area contributed by atoms with E-state index in [0.29, 0.717) is 28.9 Å². The maximum absolute atomic E-state index is 15.3. The molecule has 2 heterocycles. The molecule has 25 heavy (non-hydrogen) atoms. The summed E-state index contributed by atoms with van der Waals surface area (Å²) in [7, 11) is 0. The number of rotatable bonds is 4. The van der Waals surface area contributed by atoms with Crippen LogP contribution in [0.4, 0.5) is 10.2 Å². The van der Waals surface area contributed by atoms with Crippen molar-refractivity contribution in [3.8, 4) is 22.9 Å². The number of nitrogens with two attached hydrogens (primary N) is 1. The van der Waals surface area contributed by atoms with Gasteiger partial charge in [-0.3, -0.25) is 4.98 Å². The fraction of sp³-hybridized carbons (Fsp3) is 0.211. The highest BCUT2D eigenvalue weighted by molar-refractivity contribution is 5.64. The maximum atomic E-state index is 15.3. The van der Waals surface area contributed by atoms with Gasteiger partial charge in [0.2, 0.25) is 5.88 Å². The van der Waals surface area contributed by atoms with Gasteiger partial charge in [-0.25, -0.2) is 14.4 Å². The largest absolute Gasteiger partial charge is 0.436 e. The first-order valence-electron chi connectivity index (χ1n) is 8.21. The van der Waals surface area contributed by atoms with Crippen LogP contribution in [0.15, 0.2) is 48.9 Å². The van der Waals surface area contributed by atoms with Crippen LogP contribution in [0.5, 0.6) is 11.6 Å². The van der Waals surface area contributed by atoms with Crippen molar-refractivity contribution in [1.29, 1.82) is 0 Å². The monoisotopic (exact) mass is 336 g/mol. The summed E-state index contributed by atoms with van der Waals surface area (Å²) in [6.07, 6.45) is 7.72. The first kappa shape index (κ1) is 15.5. The Morgan fingerprint density at radius 3 is 2.56 bits per heavy atom. The Balaban J connectivity index is 1.79. The van der Waals surface area contributed by atoms with E-state index in [0.717, 1.165) is 24.8 Å². The molecule has 2 N–H and O–H groups in total. The van der Waals surface area contributed by atoms with Crippen LogP contribution in [0.3, 0.4) is 0 Å². The topological polar surface area (TPSA) is 73.9 Å². The fourth-order valence-electron chi connectivity index (χ4n) is 2.90. The molecule has 0 atom stereocenters. The minimum atomic E-state index is -0.450. The van der Waals surface area contributed by atoms with Gasteiger partial charge < -0.3 is 10.5 Å². The number of aromatic nitrogens is 3. The lowest BCUT2D eigenvalue weighted by atomic mass is 9.79. The van der Waals surface area contributed by atoms with Crippen molar-refractivity contribution in [2.45, 2.75) is 25.2 Å². The molecule has 4 rings (SSSR count). The van der Waals surface area contributed by atoms with Crippen LogP contribution in [0.25, 0.3) is 11.3 Å². The molecule has 1 saturated carbocycles. The van der Waals surface area contributed by atoms with Crippen molar-refractivity contribution in [1.82, 2.24) is 15.0 Å². The van der Waals surface area contributed by atoms with Gasteiger partial charge in [0.15, 0.2) is 11.6 Å². The van der Waals surface area contributed by atoms with Crippen LogP contribution in [-0.4, -0.2) is 15.0 Å². The molecule has 1 aliphatic carbocycles. The molecule has 1 aromatic carbocycles. The molecule has 6 heteroatoms. The summed E-state index contributed by atoms with van der Waals surface area (Å²) in [5.41, 5.74) is 7.19. The van der Waals surface area contributed by atoms with Crippen LogP contribution in [0, 0.1) is 5.82 Å². The predicted octanol–water partition coefficient (Wildman–Crippen LogP) is 4.32. The zero-order valence-corrected chi connectivity index (χ0v) is 13.5. The van der Waals surface area contributed by atoms with E-state index in [-0.39, 0.29) is 5.75 Å². The summed E-state index contributed by atoms with van der Waals surface area (Å²) < 4.78 is 21.1. The van der Waals surface area contributed by atoms with Crippen LogP contribution < -0.4 is 10.5 Å². The molecule has 2 aromatic heterocycles. The molecule has 0 bridgehead atoms. The molecule has 3 aromatic rings. The summed E-state index contributed by atoms with van der Waals surface area (Å²) >= 11 is 0. The Bertz CT molecular complexity index is 880. The van der Waals surface area contributed by atoms with Gasteiger partial charge >= 0.3 is 0 Å². The molecule has 0 saturated heterocycles. The van der Waals surface area contributed by atoms with E-state index in [1.807, 2.05) is 6.07 Å². The lowest BCUT2D eigenvalue weighted by Gasteiger charge is -2.28. The van der Waals surface area contributed by atoms with E-state index in [2.05, 4.69) is 15.0 Å². The smallest absolute Gasteiger partial charge is 0.219 e. The number of pyridine rings is 1. The second-order valence-corrected chi connectivity index (χ2v) is 6.07. The number of ether oxygens (including phenoxy) is 1. The maximum Gasteiger partial charge on any atom is 0.219 e. The molecule has 0 radical (unpaired) electrons. The van der Waals surface area contributed by atoms with Gasteiger partial charge in [-0.2, -0.15) is 0 Å². The lowest BCUT2D eigenvalue weighted by molar-refractivity contribution is 0.379. The normalized spacial score (nSPS) is 14.1. The zero-order valence-electron chi connectivity index (χ0n) is 13.5. The van der Waals surface area contributed by atoms with Crippen molar-refractivity contribution in [3.05, 3.63) is 60.3 Å². The summed E-state index contributed by atoms with van der Waals surface area (Å²) in [5, 5.41) is 0. The number of nitrogens with zero attached hydrogens (tertiary/aromatic N) is 3. The SMILES string of the molecule is Nc1cnc(-c2ccc(C3CCC3)c(Oc3ccccn3)c2F)cn1. The molecule has 1 aliphatic rings. The second-order valence-electron chi connectivity index (χ2n) is 6.07. The number of anilines is 1. The molecular weight excluding hydrogens is 319 g/mol. The van der Waals surface area contributed by atoms with Gasteiger partial charge in [0.25, 0.3) is 0 Å². The van der Waals surface area contributed by atoms with Gasteiger partial charge in [0.05, 0.1) is 18.1 Å². The number of nitrogen functional groups attached to an aromatic ring is 1. The Morgan fingerprint density at radius 2 is 1.92 bits per heavy atom. The van der Waals surface area contributed by atoms with Gasteiger partial charge in [-0.1, -0.05) is 18.6 Å². The van der Waals surface area contributed by atoms with Gasteiger partial charge in [0.1, 0.15) is 5.82 Å². The highest BCUT2D eigenvalue weighted by Gasteiger charge is 2.27. The van der Waals surface area contributed by atoms with E-state index >= 15 is 4.39 Å². The highest BCUT2D eigenvalue weighted by atomic mass is 19.1. The van der Waals surface area contributed by atoms with Crippen LogP contribution >= 0.6 is 0 Å². The number of hydrogen-bond acceptors (Lipinski definition) is 5. The third-order valence-corrected chi connectivity index (χ3v) is 4.46. The van der Waals surface area contributed by atoms with E-state index in [9.17, 15) is 0 Å². The standard InChI is InChI=1S/C19H17FN4O/c20-18-14(15-10-24-16(21)11-23-15)8-7-13(12-4-3-5-12)19(18)25-17-6-1-2-9-22-17/h1-2,6-12H,3-5H2,(H2,21,24). The van der Waals surface area contributed by atoms with Crippen LogP contribution in [0.1, 0.15) is 30.7 Å². The lowest BCUT2D eigenvalue weighted by Crippen LogP contribution is -2.11. The molecule has 126 valence electrons. The van der Waals surface area contributed by atoms with Crippen LogP contribution in [0.2, 0.25) is 0 Å². The first-order valence-corrected chi connectivity index (χ1v) is 8.21. The molecule has 0 aliphatic heterocycles.